The Hall–Kier alpha value is -1.51. The SMILES string of the molecule is CCc1ccc(OCC(=O)NCC2CCCCC2)cc1. The van der Waals surface area contributed by atoms with E-state index in [1.165, 1.54) is 37.7 Å². The van der Waals surface area contributed by atoms with Crippen LogP contribution in [0.15, 0.2) is 24.3 Å². The van der Waals surface area contributed by atoms with Gasteiger partial charge in [-0.1, -0.05) is 38.3 Å². The van der Waals surface area contributed by atoms with Gasteiger partial charge < -0.3 is 10.1 Å². The number of hydrogen-bond acceptors (Lipinski definition) is 2. The van der Waals surface area contributed by atoms with Crippen LogP contribution >= 0.6 is 0 Å². The van der Waals surface area contributed by atoms with Crippen molar-refractivity contribution >= 4 is 5.91 Å². The second kappa shape index (κ2) is 7.93. The van der Waals surface area contributed by atoms with Gasteiger partial charge in [0.25, 0.3) is 5.91 Å². The Balaban J connectivity index is 1.66. The van der Waals surface area contributed by atoms with E-state index in [0.29, 0.717) is 5.92 Å². The third-order valence-electron chi connectivity index (χ3n) is 4.01. The minimum absolute atomic E-state index is 0.0184. The van der Waals surface area contributed by atoms with Gasteiger partial charge in [0.2, 0.25) is 0 Å². The summed E-state index contributed by atoms with van der Waals surface area (Å²) in [5.41, 5.74) is 1.28. The van der Waals surface area contributed by atoms with E-state index in [1.807, 2.05) is 24.3 Å². The third kappa shape index (κ3) is 4.87. The second-order valence-corrected chi connectivity index (χ2v) is 5.59. The Bertz CT molecular complexity index is 408. The van der Waals surface area contributed by atoms with Crippen molar-refractivity contribution in [3.63, 3.8) is 0 Å². The fourth-order valence-electron chi connectivity index (χ4n) is 2.67. The van der Waals surface area contributed by atoms with Crippen LogP contribution in [0.25, 0.3) is 0 Å². The Labute approximate surface area is 121 Å². The number of carbonyl (C=O) groups is 1. The van der Waals surface area contributed by atoms with Gasteiger partial charge in [-0.3, -0.25) is 4.79 Å². The number of hydrogen-bond donors (Lipinski definition) is 1. The van der Waals surface area contributed by atoms with E-state index in [-0.39, 0.29) is 12.5 Å². The third-order valence-corrected chi connectivity index (χ3v) is 4.01. The molecular formula is C17H25NO2. The first kappa shape index (κ1) is 14.9. The summed E-state index contributed by atoms with van der Waals surface area (Å²) in [4.78, 5) is 11.7. The van der Waals surface area contributed by atoms with Gasteiger partial charge in [-0.25, -0.2) is 0 Å². The van der Waals surface area contributed by atoms with Gasteiger partial charge in [-0.2, -0.15) is 0 Å². The fraction of sp³-hybridized carbons (Fsp3) is 0.588. The zero-order valence-corrected chi connectivity index (χ0v) is 12.4. The number of aryl methyl sites for hydroxylation is 1. The van der Waals surface area contributed by atoms with Crippen molar-refractivity contribution in [1.82, 2.24) is 5.32 Å². The van der Waals surface area contributed by atoms with Gasteiger partial charge >= 0.3 is 0 Å². The number of ether oxygens (including phenoxy) is 1. The predicted octanol–water partition coefficient (Wildman–Crippen LogP) is 3.32. The average molecular weight is 275 g/mol. The van der Waals surface area contributed by atoms with Gasteiger partial charge in [0, 0.05) is 6.54 Å². The lowest BCUT2D eigenvalue weighted by Crippen LogP contribution is -2.33. The standard InChI is InChI=1S/C17H25NO2/c1-2-14-8-10-16(11-9-14)20-13-17(19)18-12-15-6-4-3-5-7-15/h8-11,15H,2-7,12-13H2,1H3,(H,18,19). The molecule has 1 aliphatic carbocycles. The monoisotopic (exact) mass is 275 g/mol. The van der Waals surface area contributed by atoms with E-state index in [1.54, 1.807) is 0 Å². The summed E-state index contributed by atoms with van der Waals surface area (Å²) in [5.74, 6) is 1.40. The van der Waals surface area contributed by atoms with E-state index in [4.69, 9.17) is 4.74 Å². The molecule has 0 unspecified atom stereocenters. The molecule has 1 fully saturated rings. The number of benzene rings is 1. The number of nitrogens with one attached hydrogen (secondary N) is 1. The quantitative estimate of drug-likeness (QED) is 0.865. The molecule has 0 bridgehead atoms. The topological polar surface area (TPSA) is 38.3 Å². The summed E-state index contributed by atoms with van der Waals surface area (Å²) in [6, 6.07) is 7.92. The minimum Gasteiger partial charge on any atom is -0.484 e. The summed E-state index contributed by atoms with van der Waals surface area (Å²) in [6.45, 7) is 3.03. The van der Waals surface area contributed by atoms with Gasteiger partial charge in [0.05, 0.1) is 0 Å². The van der Waals surface area contributed by atoms with E-state index in [2.05, 4.69) is 12.2 Å². The van der Waals surface area contributed by atoms with Crippen LogP contribution in [-0.4, -0.2) is 19.1 Å². The van der Waals surface area contributed by atoms with Gasteiger partial charge in [-0.15, -0.1) is 0 Å². The summed E-state index contributed by atoms with van der Waals surface area (Å²) >= 11 is 0. The molecule has 0 aliphatic heterocycles. The lowest BCUT2D eigenvalue weighted by molar-refractivity contribution is -0.123. The lowest BCUT2D eigenvalue weighted by atomic mass is 9.89. The molecule has 0 radical (unpaired) electrons. The average Bonchev–Trinajstić information content (AvgIpc) is 2.52. The van der Waals surface area contributed by atoms with Crippen LogP contribution in [0.1, 0.15) is 44.6 Å². The van der Waals surface area contributed by atoms with Crippen molar-refractivity contribution in [1.29, 1.82) is 0 Å². The molecular weight excluding hydrogens is 250 g/mol. The first-order valence-corrected chi connectivity index (χ1v) is 7.76. The largest absolute Gasteiger partial charge is 0.484 e. The summed E-state index contributed by atoms with van der Waals surface area (Å²) < 4.78 is 5.50. The lowest BCUT2D eigenvalue weighted by Gasteiger charge is -2.21. The van der Waals surface area contributed by atoms with Crippen LogP contribution in [0.2, 0.25) is 0 Å². The van der Waals surface area contributed by atoms with Crippen molar-refractivity contribution in [2.45, 2.75) is 45.4 Å². The maximum atomic E-state index is 11.7. The van der Waals surface area contributed by atoms with Crippen molar-refractivity contribution in [3.8, 4) is 5.75 Å². The second-order valence-electron chi connectivity index (χ2n) is 5.59. The highest BCUT2D eigenvalue weighted by Crippen LogP contribution is 2.22. The molecule has 1 aromatic carbocycles. The van der Waals surface area contributed by atoms with Crippen LogP contribution in [0.4, 0.5) is 0 Å². The van der Waals surface area contributed by atoms with Crippen LogP contribution in [0.3, 0.4) is 0 Å². The molecule has 1 amide bonds. The Kier molecular flexibility index (Phi) is 5.90. The van der Waals surface area contributed by atoms with Crippen LogP contribution in [-0.2, 0) is 11.2 Å². The smallest absolute Gasteiger partial charge is 0.257 e. The van der Waals surface area contributed by atoms with Crippen molar-refractivity contribution in [3.05, 3.63) is 29.8 Å². The first-order valence-electron chi connectivity index (χ1n) is 7.76. The van der Waals surface area contributed by atoms with E-state index in [0.717, 1.165) is 18.7 Å². The molecule has 3 nitrogen and oxygen atoms in total. The van der Waals surface area contributed by atoms with Crippen LogP contribution in [0, 0.1) is 5.92 Å². The van der Waals surface area contributed by atoms with E-state index in [9.17, 15) is 4.79 Å². The molecule has 0 saturated heterocycles. The number of carbonyl (C=O) groups excluding carboxylic acids is 1. The van der Waals surface area contributed by atoms with Gasteiger partial charge in [-0.05, 0) is 42.9 Å². The molecule has 2 rings (SSSR count). The fourth-order valence-corrected chi connectivity index (χ4v) is 2.67. The summed E-state index contributed by atoms with van der Waals surface area (Å²) in [6.07, 6.45) is 7.48. The molecule has 0 aromatic heterocycles. The summed E-state index contributed by atoms with van der Waals surface area (Å²) in [5, 5.41) is 2.98. The van der Waals surface area contributed by atoms with Gasteiger partial charge in [0.15, 0.2) is 6.61 Å². The minimum atomic E-state index is -0.0184. The number of rotatable bonds is 6. The molecule has 110 valence electrons. The first-order chi connectivity index (χ1) is 9.78. The normalized spacial score (nSPS) is 15.8. The highest BCUT2D eigenvalue weighted by molar-refractivity contribution is 5.77. The molecule has 1 aliphatic rings. The highest BCUT2D eigenvalue weighted by atomic mass is 16.5. The molecule has 20 heavy (non-hydrogen) atoms. The molecule has 3 heteroatoms. The Morgan fingerprint density at radius 1 is 1.20 bits per heavy atom. The van der Waals surface area contributed by atoms with E-state index >= 15 is 0 Å². The van der Waals surface area contributed by atoms with Gasteiger partial charge in [0.1, 0.15) is 5.75 Å². The zero-order valence-electron chi connectivity index (χ0n) is 12.4. The highest BCUT2D eigenvalue weighted by Gasteiger charge is 2.14. The van der Waals surface area contributed by atoms with Crippen LogP contribution in [0.5, 0.6) is 5.75 Å². The Morgan fingerprint density at radius 2 is 1.90 bits per heavy atom. The van der Waals surface area contributed by atoms with E-state index < -0.39 is 0 Å². The molecule has 0 atom stereocenters. The Morgan fingerprint density at radius 3 is 2.55 bits per heavy atom. The predicted molar refractivity (Wildman–Crippen MR) is 80.9 cm³/mol. The molecule has 1 N–H and O–H groups in total. The molecule has 1 saturated carbocycles. The van der Waals surface area contributed by atoms with Crippen molar-refractivity contribution in [2.24, 2.45) is 5.92 Å². The van der Waals surface area contributed by atoms with Crippen molar-refractivity contribution < 1.29 is 9.53 Å². The number of amides is 1. The maximum Gasteiger partial charge on any atom is 0.257 e. The summed E-state index contributed by atoms with van der Waals surface area (Å²) in [7, 11) is 0. The van der Waals surface area contributed by atoms with Crippen molar-refractivity contribution in [2.75, 3.05) is 13.2 Å². The van der Waals surface area contributed by atoms with Crippen LogP contribution < -0.4 is 10.1 Å². The zero-order chi connectivity index (χ0) is 14.2. The maximum absolute atomic E-state index is 11.7. The molecule has 0 heterocycles. The molecule has 0 spiro atoms. The molecule has 1 aromatic rings.